The second kappa shape index (κ2) is 4.89. The summed E-state index contributed by atoms with van der Waals surface area (Å²) in [6.45, 7) is 0.0865. The molecular formula is C14H15NO2. The Morgan fingerprint density at radius 2 is 1.71 bits per heavy atom. The number of phenolic OH excluding ortho intramolecular Hbond substituents is 1. The molecule has 0 aromatic heterocycles. The molecule has 3 nitrogen and oxygen atoms in total. The van der Waals surface area contributed by atoms with E-state index in [1.165, 1.54) is 0 Å². The number of phenols is 1. The molecule has 0 saturated carbocycles. The largest absolute Gasteiger partial charge is 0.508 e. The Hall–Kier alpha value is -2.00. The van der Waals surface area contributed by atoms with E-state index in [2.05, 4.69) is 0 Å². The average molecular weight is 229 g/mol. The van der Waals surface area contributed by atoms with Crippen LogP contribution in [0, 0.1) is 0 Å². The van der Waals surface area contributed by atoms with Gasteiger partial charge in [0.05, 0.1) is 0 Å². The fraction of sp³-hybridized carbons (Fsp3) is 0.143. The maximum Gasteiger partial charge on any atom is 0.115 e. The molecule has 0 bridgehead atoms. The van der Waals surface area contributed by atoms with Crippen molar-refractivity contribution in [1.82, 2.24) is 0 Å². The Morgan fingerprint density at radius 3 is 2.35 bits per heavy atom. The van der Waals surface area contributed by atoms with Gasteiger partial charge in [-0.25, -0.2) is 0 Å². The third-order valence-electron chi connectivity index (χ3n) is 2.76. The van der Waals surface area contributed by atoms with Gasteiger partial charge in [0.15, 0.2) is 0 Å². The second-order valence-corrected chi connectivity index (χ2v) is 3.90. The summed E-state index contributed by atoms with van der Waals surface area (Å²) in [5.74, 6) is 0.235. The van der Waals surface area contributed by atoms with E-state index in [9.17, 15) is 5.11 Å². The number of aliphatic hydroxyl groups is 1. The molecule has 0 saturated heterocycles. The summed E-state index contributed by atoms with van der Waals surface area (Å²) in [5.41, 5.74) is 9.58. The molecule has 2 rings (SSSR count). The van der Waals surface area contributed by atoms with Gasteiger partial charge in [-0.15, -0.1) is 0 Å². The molecule has 2 aromatic carbocycles. The summed E-state index contributed by atoms with van der Waals surface area (Å²) in [7, 11) is 0. The molecule has 0 aliphatic heterocycles. The van der Waals surface area contributed by atoms with Gasteiger partial charge in [0, 0.05) is 17.9 Å². The minimum atomic E-state index is 0.0865. The minimum absolute atomic E-state index is 0.0865. The van der Waals surface area contributed by atoms with Crippen LogP contribution in [0.25, 0.3) is 11.1 Å². The highest BCUT2D eigenvalue weighted by Gasteiger charge is 2.06. The van der Waals surface area contributed by atoms with Crippen LogP contribution in [0.4, 0.5) is 5.69 Å². The summed E-state index contributed by atoms with van der Waals surface area (Å²) in [5, 5.41) is 18.2. The normalized spacial score (nSPS) is 10.4. The molecule has 0 atom stereocenters. The Bertz CT molecular complexity index is 506. The molecule has 3 heteroatoms. The number of para-hydroxylation sites is 1. The van der Waals surface area contributed by atoms with Crippen molar-refractivity contribution in [3.05, 3.63) is 48.0 Å². The highest BCUT2D eigenvalue weighted by molar-refractivity contribution is 5.78. The number of hydrogen-bond donors (Lipinski definition) is 3. The van der Waals surface area contributed by atoms with Crippen LogP contribution in [0.2, 0.25) is 0 Å². The van der Waals surface area contributed by atoms with E-state index in [4.69, 9.17) is 10.8 Å². The van der Waals surface area contributed by atoms with Crippen molar-refractivity contribution in [3.63, 3.8) is 0 Å². The van der Waals surface area contributed by atoms with E-state index < -0.39 is 0 Å². The molecule has 0 radical (unpaired) electrons. The fourth-order valence-corrected chi connectivity index (χ4v) is 1.84. The standard InChI is InChI=1S/C14H15NO2/c15-14-11(8-9-16)2-1-3-13(14)10-4-6-12(17)7-5-10/h1-7,16-17H,8-9,15H2. The van der Waals surface area contributed by atoms with E-state index in [1.54, 1.807) is 12.1 Å². The lowest BCUT2D eigenvalue weighted by atomic mass is 9.99. The Kier molecular flexibility index (Phi) is 3.30. The topological polar surface area (TPSA) is 66.5 Å². The molecule has 0 spiro atoms. The van der Waals surface area contributed by atoms with Crippen molar-refractivity contribution in [2.24, 2.45) is 0 Å². The predicted molar refractivity (Wildman–Crippen MR) is 68.7 cm³/mol. The van der Waals surface area contributed by atoms with Crippen LogP contribution in [0.3, 0.4) is 0 Å². The monoisotopic (exact) mass is 229 g/mol. The van der Waals surface area contributed by atoms with Gasteiger partial charge in [0.2, 0.25) is 0 Å². The van der Waals surface area contributed by atoms with E-state index >= 15 is 0 Å². The van der Waals surface area contributed by atoms with Gasteiger partial charge in [-0.2, -0.15) is 0 Å². The lowest BCUT2D eigenvalue weighted by molar-refractivity contribution is 0.300. The SMILES string of the molecule is Nc1c(CCO)cccc1-c1ccc(O)cc1. The molecule has 88 valence electrons. The highest BCUT2D eigenvalue weighted by Crippen LogP contribution is 2.29. The van der Waals surface area contributed by atoms with Gasteiger partial charge in [0.25, 0.3) is 0 Å². The lowest BCUT2D eigenvalue weighted by Crippen LogP contribution is -1.99. The van der Waals surface area contributed by atoms with Crippen LogP contribution in [-0.4, -0.2) is 16.8 Å². The van der Waals surface area contributed by atoms with Gasteiger partial charge in [-0.3, -0.25) is 0 Å². The van der Waals surface area contributed by atoms with Crippen molar-refractivity contribution in [2.45, 2.75) is 6.42 Å². The van der Waals surface area contributed by atoms with Gasteiger partial charge >= 0.3 is 0 Å². The molecule has 0 amide bonds. The van der Waals surface area contributed by atoms with Crippen LogP contribution >= 0.6 is 0 Å². The second-order valence-electron chi connectivity index (χ2n) is 3.90. The molecule has 0 unspecified atom stereocenters. The zero-order valence-electron chi connectivity index (χ0n) is 9.43. The van der Waals surface area contributed by atoms with Crippen LogP contribution in [0.15, 0.2) is 42.5 Å². The molecule has 4 N–H and O–H groups in total. The molecule has 2 aromatic rings. The Morgan fingerprint density at radius 1 is 1.00 bits per heavy atom. The Balaban J connectivity index is 2.45. The first-order chi connectivity index (χ1) is 8.22. The minimum Gasteiger partial charge on any atom is -0.508 e. The average Bonchev–Trinajstić information content (AvgIpc) is 2.34. The summed E-state index contributed by atoms with van der Waals surface area (Å²) in [4.78, 5) is 0. The maximum atomic E-state index is 9.25. The van der Waals surface area contributed by atoms with Crippen LogP contribution in [0.5, 0.6) is 5.75 Å². The quantitative estimate of drug-likeness (QED) is 0.707. The van der Waals surface area contributed by atoms with Crippen LogP contribution in [-0.2, 0) is 6.42 Å². The van der Waals surface area contributed by atoms with Gasteiger partial charge in [-0.05, 0) is 29.7 Å². The Labute approximate surface area is 100 Å². The number of anilines is 1. The van der Waals surface area contributed by atoms with Crippen LogP contribution < -0.4 is 5.73 Å². The highest BCUT2D eigenvalue weighted by atomic mass is 16.3. The first-order valence-electron chi connectivity index (χ1n) is 5.50. The number of hydrogen-bond acceptors (Lipinski definition) is 3. The zero-order valence-corrected chi connectivity index (χ0v) is 9.43. The van der Waals surface area contributed by atoms with Gasteiger partial charge in [-0.1, -0.05) is 30.3 Å². The molecule has 0 aliphatic carbocycles. The van der Waals surface area contributed by atoms with Crippen molar-refractivity contribution in [1.29, 1.82) is 0 Å². The van der Waals surface area contributed by atoms with Gasteiger partial charge in [0.1, 0.15) is 5.75 Å². The molecule has 17 heavy (non-hydrogen) atoms. The lowest BCUT2D eigenvalue weighted by Gasteiger charge is -2.10. The van der Waals surface area contributed by atoms with E-state index in [1.807, 2.05) is 30.3 Å². The maximum absolute atomic E-state index is 9.25. The van der Waals surface area contributed by atoms with E-state index in [0.717, 1.165) is 16.7 Å². The summed E-state index contributed by atoms with van der Waals surface area (Å²) >= 11 is 0. The molecule has 0 heterocycles. The fourth-order valence-electron chi connectivity index (χ4n) is 1.84. The number of benzene rings is 2. The first-order valence-corrected chi connectivity index (χ1v) is 5.50. The van der Waals surface area contributed by atoms with Crippen molar-refractivity contribution in [2.75, 3.05) is 12.3 Å². The van der Waals surface area contributed by atoms with E-state index in [-0.39, 0.29) is 12.4 Å². The summed E-state index contributed by atoms with van der Waals surface area (Å²) < 4.78 is 0. The smallest absolute Gasteiger partial charge is 0.115 e. The summed E-state index contributed by atoms with van der Waals surface area (Å²) in [6.07, 6.45) is 0.553. The number of aliphatic hydroxyl groups excluding tert-OH is 1. The number of rotatable bonds is 3. The molecule has 0 aliphatic rings. The van der Waals surface area contributed by atoms with Crippen molar-refractivity contribution in [3.8, 4) is 16.9 Å². The predicted octanol–water partition coefficient (Wildman–Crippen LogP) is 2.18. The third kappa shape index (κ3) is 2.40. The number of nitrogen functional groups attached to an aromatic ring is 1. The zero-order chi connectivity index (χ0) is 12.3. The van der Waals surface area contributed by atoms with Crippen molar-refractivity contribution < 1.29 is 10.2 Å². The molecule has 0 fully saturated rings. The van der Waals surface area contributed by atoms with E-state index in [0.29, 0.717) is 12.1 Å². The molecular weight excluding hydrogens is 214 g/mol. The van der Waals surface area contributed by atoms with Gasteiger partial charge < -0.3 is 15.9 Å². The summed E-state index contributed by atoms with van der Waals surface area (Å²) in [6, 6.07) is 12.7. The van der Waals surface area contributed by atoms with Crippen LogP contribution in [0.1, 0.15) is 5.56 Å². The van der Waals surface area contributed by atoms with Crippen molar-refractivity contribution >= 4 is 5.69 Å². The number of aromatic hydroxyl groups is 1. The number of nitrogens with two attached hydrogens (primary N) is 1. The first kappa shape index (κ1) is 11.5. The third-order valence-corrected chi connectivity index (χ3v) is 2.76.